The third-order valence-electron chi connectivity index (χ3n) is 6.01. The van der Waals surface area contributed by atoms with Gasteiger partial charge in [0.1, 0.15) is 17.0 Å². The Bertz CT molecular complexity index is 1580. The van der Waals surface area contributed by atoms with Crippen LogP contribution in [0.15, 0.2) is 48.7 Å². The molecule has 0 saturated heterocycles. The zero-order valence-electron chi connectivity index (χ0n) is 20.9. The Morgan fingerprint density at radius 3 is 2.59 bits per heavy atom. The Morgan fingerprint density at radius 2 is 1.84 bits per heavy atom. The first-order chi connectivity index (χ1) is 17.5. The van der Waals surface area contributed by atoms with Crippen molar-refractivity contribution in [1.29, 1.82) is 0 Å². The zero-order chi connectivity index (χ0) is 26.5. The quantitative estimate of drug-likeness (QED) is 0.339. The van der Waals surface area contributed by atoms with Gasteiger partial charge in [0.25, 0.3) is 5.91 Å². The molecular weight excluding hydrogens is 494 g/mol. The number of aryl methyl sites for hydroxylation is 1. The molecule has 9 nitrogen and oxygen atoms in total. The number of carbonyl (C=O) groups excluding carboxylic acids is 3. The number of benzene rings is 2. The van der Waals surface area contributed by atoms with Crippen molar-refractivity contribution in [1.82, 2.24) is 19.7 Å². The van der Waals surface area contributed by atoms with E-state index < -0.39 is 11.7 Å². The monoisotopic (exact) mass is 519 g/mol. The predicted octanol–water partition coefficient (Wildman–Crippen LogP) is 5.02. The summed E-state index contributed by atoms with van der Waals surface area (Å²) in [6, 6.07) is 12.5. The molecular formula is C27H26ClN5O4. The summed E-state index contributed by atoms with van der Waals surface area (Å²) in [5.74, 6) is -0.417. The molecule has 0 atom stereocenters. The number of aromatic nitrogens is 3. The summed E-state index contributed by atoms with van der Waals surface area (Å²) in [6.07, 6.45) is 1.05. The molecule has 190 valence electrons. The molecule has 4 aromatic rings. The van der Waals surface area contributed by atoms with E-state index in [9.17, 15) is 14.4 Å². The number of hydrogen-bond donors (Lipinski definition) is 2. The van der Waals surface area contributed by atoms with Gasteiger partial charge in [-0.05, 0) is 39.0 Å². The molecule has 37 heavy (non-hydrogen) atoms. The molecule has 2 aromatic heterocycles. The van der Waals surface area contributed by atoms with Crippen molar-refractivity contribution in [2.75, 3.05) is 11.9 Å². The molecule has 0 saturated carbocycles. The summed E-state index contributed by atoms with van der Waals surface area (Å²) in [4.78, 5) is 38.0. The molecule has 1 aliphatic rings. The third-order valence-corrected chi connectivity index (χ3v) is 6.33. The van der Waals surface area contributed by atoms with Crippen LogP contribution in [0.25, 0.3) is 22.2 Å². The lowest BCUT2D eigenvalue weighted by atomic mass is 9.87. The van der Waals surface area contributed by atoms with E-state index in [1.165, 1.54) is 0 Å². The van der Waals surface area contributed by atoms with E-state index in [1.807, 2.05) is 18.2 Å². The predicted molar refractivity (Wildman–Crippen MR) is 141 cm³/mol. The number of rotatable bonds is 5. The highest BCUT2D eigenvalue weighted by atomic mass is 35.5. The van der Waals surface area contributed by atoms with Gasteiger partial charge in [0.05, 0.1) is 28.3 Å². The lowest BCUT2D eigenvalue weighted by molar-refractivity contribution is 0.0635. The van der Waals surface area contributed by atoms with Gasteiger partial charge in [-0.15, -0.1) is 0 Å². The fourth-order valence-electron chi connectivity index (χ4n) is 4.51. The van der Waals surface area contributed by atoms with Gasteiger partial charge in [-0.2, -0.15) is 5.10 Å². The number of halogens is 1. The average molecular weight is 520 g/mol. The van der Waals surface area contributed by atoms with E-state index in [0.717, 1.165) is 10.9 Å². The molecule has 0 unspecified atom stereocenters. The molecule has 10 heteroatoms. The van der Waals surface area contributed by atoms with E-state index in [0.29, 0.717) is 51.9 Å². The van der Waals surface area contributed by atoms with Crippen molar-refractivity contribution < 1.29 is 19.1 Å². The standard InChI is InChI=1S/C27H26ClN5O4/c1-27(2,3)37-26(36)30-15-13-20(32(4)14-15)25(35)29-11-12-33-19-10-6-8-17-22(19)23(31-33)16-7-5-9-18(28)21(16)24(17)34/h5-10,13-14H,11-12H2,1-4H3,(H,29,35)(H,30,36). The van der Waals surface area contributed by atoms with Gasteiger partial charge in [-0.25, -0.2) is 4.79 Å². The number of fused-ring (bicyclic) bond motifs is 2. The van der Waals surface area contributed by atoms with Gasteiger partial charge >= 0.3 is 6.09 Å². The van der Waals surface area contributed by atoms with Crippen molar-refractivity contribution in [3.8, 4) is 11.3 Å². The van der Waals surface area contributed by atoms with E-state index >= 15 is 0 Å². The number of carbonyl (C=O) groups is 3. The summed E-state index contributed by atoms with van der Waals surface area (Å²) in [5.41, 5.74) is 3.45. The van der Waals surface area contributed by atoms with Crippen LogP contribution in [-0.4, -0.2) is 44.3 Å². The van der Waals surface area contributed by atoms with Crippen LogP contribution in [0.3, 0.4) is 0 Å². The summed E-state index contributed by atoms with van der Waals surface area (Å²) < 4.78 is 8.68. The highest BCUT2D eigenvalue weighted by Gasteiger charge is 2.30. The number of anilines is 1. The first-order valence-corrected chi connectivity index (χ1v) is 12.2. The van der Waals surface area contributed by atoms with Gasteiger partial charge < -0.3 is 14.6 Å². The number of nitrogens with one attached hydrogen (secondary N) is 2. The molecule has 0 fully saturated rings. The maximum Gasteiger partial charge on any atom is 0.412 e. The van der Waals surface area contributed by atoms with E-state index in [2.05, 4.69) is 10.6 Å². The van der Waals surface area contributed by atoms with Crippen molar-refractivity contribution in [2.45, 2.75) is 32.9 Å². The average Bonchev–Trinajstić information content (AvgIpc) is 3.37. The van der Waals surface area contributed by atoms with Crippen LogP contribution < -0.4 is 10.6 Å². The minimum Gasteiger partial charge on any atom is -0.444 e. The zero-order valence-corrected chi connectivity index (χ0v) is 21.6. The minimum absolute atomic E-state index is 0.119. The lowest BCUT2D eigenvalue weighted by Crippen LogP contribution is -2.29. The van der Waals surface area contributed by atoms with Gasteiger partial charge in [0, 0.05) is 36.3 Å². The summed E-state index contributed by atoms with van der Waals surface area (Å²) in [6.45, 7) is 6.02. The molecule has 2 N–H and O–H groups in total. The van der Waals surface area contributed by atoms with Gasteiger partial charge in [-0.3, -0.25) is 19.6 Å². The highest BCUT2D eigenvalue weighted by Crippen LogP contribution is 2.41. The number of ketones is 1. The van der Waals surface area contributed by atoms with Crippen LogP contribution in [0.2, 0.25) is 5.02 Å². The van der Waals surface area contributed by atoms with Crippen molar-refractivity contribution >= 4 is 46.0 Å². The van der Waals surface area contributed by atoms with Crippen LogP contribution in [0, 0.1) is 0 Å². The second-order valence-electron chi connectivity index (χ2n) is 9.87. The topological polar surface area (TPSA) is 107 Å². The molecule has 2 heterocycles. The SMILES string of the molecule is Cn1cc(NC(=O)OC(C)(C)C)cc1C(=O)NCCn1nc2c3c(cccc31)C(=O)c1c(Cl)cccc1-2. The molecule has 0 spiro atoms. The van der Waals surface area contributed by atoms with Crippen molar-refractivity contribution in [2.24, 2.45) is 7.05 Å². The molecule has 2 aromatic carbocycles. The molecule has 0 aliphatic heterocycles. The van der Waals surface area contributed by atoms with E-state index in [-0.39, 0.29) is 11.7 Å². The maximum atomic E-state index is 13.1. The summed E-state index contributed by atoms with van der Waals surface area (Å²) in [7, 11) is 1.72. The van der Waals surface area contributed by atoms with Crippen LogP contribution in [-0.2, 0) is 18.3 Å². The van der Waals surface area contributed by atoms with Crippen LogP contribution in [0.4, 0.5) is 10.5 Å². The highest BCUT2D eigenvalue weighted by molar-refractivity contribution is 6.38. The van der Waals surface area contributed by atoms with Crippen molar-refractivity contribution in [3.05, 3.63) is 70.5 Å². The molecule has 2 amide bonds. The first-order valence-electron chi connectivity index (χ1n) is 11.8. The normalized spacial score (nSPS) is 12.4. The number of nitrogens with zero attached hydrogens (tertiary/aromatic N) is 3. The molecule has 0 radical (unpaired) electrons. The second kappa shape index (κ2) is 9.08. The Hall–Kier alpha value is -4.11. The fourth-order valence-corrected chi connectivity index (χ4v) is 4.77. The molecule has 0 bridgehead atoms. The molecule has 5 rings (SSSR count). The molecule has 1 aliphatic carbocycles. The Kier molecular flexibility index (Phi) is 6.03. The van der Waals surface area contributed by atoms with Crippen LogP contribution in [0.1, 0.15) is 47.2 Å². The van der Waals surface area contributed by atoms with Gasteiger partial charge in [0.2, 0.25) is 0 Å². The van der Waals surface area contributed by atoms with Gasteiger partial charge in [-0.1, -0.05) is 35.9 Å². The first kappa shape index (κ1) is 24.6. The van der Waals surface area contributed by atoms with E-state index in [1.54, 1.807) is 67.5 Å². The number of amides is 2. The summed E-state index contributed by atoms with van der Waals surface area (Å²) in [5, 5.41) is 11.5. The summed E-state index contributed by atoms with van der Waals surface area (Å²) >= 11 is 6.36. The lowest BCUT2D eigenvalue weighted by Gasteiger charge is -2.19. The largest absolute Gasteiger partial charge is 0.444 e. The van der Waals surface area contributed by atoms with Crippen LogP contribution >= 0.6 is 11.6 Å². The van der Waals surface area contributed by atoms with E-state index in [4.69, 9.17) is 21.4 Å². The fraction of sp³-hybridized carbons (Fsp3) is 0.259. The minimum atomic E-state index is -0.627. The number of hydrogen-bond acceptors (Lipinski definition) is 5. The number of ether oxygens (including phenoxy) is 1. The maximum absolute atomic E-state index is 13.1. The van der Waals surface area contributed by atoms with Crippen LogP contribution in [0.5, 0.6) is 0 Å². The Balaban J connectivity index is 1.32. The van der Waals surface area contributed by atoms with Gasteiger partial charge in [0.15, 0.2) is 5.78 Å². The third kappa shape index (κ3) is 4.58. The smallest absolute Gasteiger partial charge is 0.412 e. The Labute approximate surface area is 218 Å². The van der Waals surface area contributed by atoms with Crippen molar-refractivity contribution in [3.63, 3.8) is 0 Å². The Morgan fingerprint density at radius 1 is 1.11 bits per heavy atom. The second-order valence-corrected chi connectivity index (χ2v) is 10.3.